The van der Waals surface area contributed by atoms with Crippen molar-refractivity contribution < 1.29 is 4.79 Å². The summed E-state index contributed by atoms with van der Waals surface area (Å²) in [7, 11) is 1.87. The molecule has 17 heavy (non-hydrogen) atoms. The first-order valence-electron chi connectivity index (χ1n) is 6.17. The Hall–Kier alpha value is -1.36. The van der Waals surface area contributed by atoms with Gasteiger partial charge in [0.05, 0.1) is 11.7 Å². The summed E-state index contributed by atoms with van der Waals surface area (Å²) in [5.74, 6) is 0.112. The molecule has 2 rings (SSSR count). The number of carbonyl (C=O) groups excluding carboxylic acids is 1. The van der Waals surface area contributed by atoms with Gasteiger partial charge in [-0.2, -0.15) is 5.10 Å². The van der Waals surface area contributed by atoms with Gasteiger partial charge in [0.2, 0.25) is 5.91 Å². The Morgan fingerprint density at radius 2 is 2.53 bits per heavy atom. The van der Waals surface area contributed by atoms with Gasteiger partial charge in [-0.25, -0.2) is 0 Å². The minimum Gasteiger partial charge on any atom is -0.350 e. The molecule has 0 aliphatic carbocycles. The molecule has 0 spiro atoms. The van der Waals surface area contributed by atoms with Gasteiger partial charge in [0.25, 0.3) is 0 Å². The first kappa shape index (κ1) is 12.1. The van der Waals surface area contributed by atoms with E-state index in [9.17, 15) is 4.79 Å². The zero-order valence-electron chi connectivity index (χ0n) is 10.5. The molecule has 0 saturated carbocycles. The molecule has 1 aliphatic heterocycles. The molecule has 0 aromatic carbocycles. The van der Waals surface area contributed by atoms with Gasteiger partial charge < -0.3 is 10.6 Å². The van der Waals surface area contributed by atoms with Crippen LogP contribution in [0.2, 0.25) is 0 Å². The van der Waals surface area contributed by atoms with Crippen molar-refractivity contribution in [2.24, 2.45) is 7.05 Å². The van der Waals surface area contributed by atoms with Crippen LogP contribution >= 0.6 is 0 Å². The van der Waals surface area contributed by atoms with Gasteiger partial charge in [0.1, 0.15) is 0 Å². The lowest BCUT2D eigenvalue weighted by Gasteiger charge is -2.26. The van der Waals surface area contributed by atoms with Crippen LogP contribution in [0.15, 0.2) is 12.4 Å². The van der Waals surface area contributed by atoms with E-state index in [2.05, 4.69) is 22.7 Å². The number of amides is 1. The largest absolute Gasteiger partial charge is 0.350 e. The molecule has 5 nitrogen and oxygen atoms in total. The van der Waals surface area contributed by atoms with Crippen molar-refractivity contribution in [2.45, 2.75) is 38.3 Å². The van der Waals surface area contributed by atoms with E-state index in [-0.39, 0.29) is 11.4 Å². The third-order valence-electron chi connectivity index (χ3n) is 3.49. The Morgan fingerprint density at radius 1 is 1.71 bits per heavy atom. The molecule has 1 saturated heterocycles. The summed E-state index contributed by atoms with van der Waals surface area (Å²) in [6.45, 7) is 3.55. The summed E-state index contributed by atoms with van der Waals surface area (Å²) in [4.78, 5) is 12.2. The Kier molecular flexibility index (Phi) is 3.47. The molecule has 94 valence electrons. The van der Waals surface area contributed by atoms with Crippen LogP contribution in [0.1, 0.15) is 31.7 Å². The molecule has 1 aliphatic rings. The number of hydrogen-bond donors (Lipinski definition) is 2. The molecular formula is C12H20N4O. The van der Waals surface area contributed by atoms with Crippen molar-refractivity contribution in [2.75, 3.05) is 6.54 Å². The predicted molar refractivity (Wildman–Crippen MR) is 65.3 cm³/mol. The summed E-state index contributed by atoms with van der Waals surface area (Å²) in [6, 6.07) is 0. The zero-order chi connectivity index (χ0) is 12.3. The van der Waals surface area contributed by atoms with E-state index >= 15 is 0 Å². The fourth-order valence-corrected chi connectivity index (χ4v) is 2.38. The highest BCUT2D eigenvalue weighted by molar-refractivity contribution is 5.86. The maximum atomic E-state index is 12.2. The number of aryl methyl sites for hydroxylation is 1. The summed E-state index contributed by atoms with van der Waals surface area (Å²) >= 11 is 0. The third kappa shape index (κ3) is 2.49. The lowest BCUT2D eigenvalue weighted by atomic mass is 9.93. The third-order valence-corrected chi connectivity index (χ3v) is 3.49. The fraction of sp³-hybridized carbons (Fsp3) is 0.667. The lowest BCUT2D eigenvalue weighted by molar-refractivity contribution is -0.127. The molecule has 2 heterocycles. The van der Waals surface area contributed by atoms with E-state index < -0.39 is 0 Å². The number of carbonyl (C=O) groups is 1. The molecule has 5 heteroatoms. The van der Waals surface area contributed by atoms with Crippen LogP contribution in [-0.4, -0.2) is 27.8 Å². The molecule has 2 N–H and O–H groups in total. The van der Waals surface area contributed by atoms with Crippen molar-refractivity contribution in [1.29, 1.82) is 0 Å². The molecule has 1 amide bonds. The second kappa shape index (κ2) is 4.87. The summed E-state index contributed by atoms with van der Waals surface area (Å²) in [6.07, 6.45) is 6.55. The minimum atomic E-state index is -0.345. The van der Waals surface area contributed by atoms with E-state index in [0.29, 0.717) is 6.54 Å². The summed E-state index contributed by atoms with van der Waals surface area (Å²) < 4.78 is 1.74. The van der Waals surface area contributed by atoms with Crippen LogP contribution in [0.25, 0.3) is 0 Å². The predicted octanol–water partition coefficient (Wildman–Crippen LogP) is 0.568. The van der Waals surface area contributed by atoms with Gasteiger partial charge >= 0.3 is 0 Å². The summed E-state index contributed by atoms with van der Waals surface area (Å²) in [5.41, 5.74) is 0.687. The van der Waals surface area contributed by atoms with E-state index in [1.807, 2.05) is 13.2 Å². The molecular weight excluding hydrogens is 216 g/mol. The average Bonchev–Trinajstić information content (AvgIpc) is 2.95. The van der Waals surface area contributed by atoms with Crippen molar-refractivity contribution in [1.82, 2.24) is 20.4 Å². The monoisotopic (exact) mass is 236 g/mol. The van der Waals surface area contributed by atoms with E-state index in [4.69, 9.17) is 0 Å². The van der Waals surface area contributed by atoms with Crippen LogP contribution in [-0.2, 0) is 18.4 Å². The highest BCUT2D eigenvalue weighted by Crippen LogP contribution is 2.23. The van der Waals surface area contributed by atoms with Crippen molar-refractivity contribution in [3.05, 3.63) is 18.0 Å². The molecule has 0 bridgehead atoms. The average molecular weight is 236 g/mol. The minimum absolute atomic E-state index is 0.112. The lowest BCUT2D eigenvalue weighted by Crippen LogP contribution is -2.52. The Bertz CT molecular complexity index is 393. The van der Waals surface area contributed by atoms with Crippen molar-refractivity contribution >= 4 is 5.91 Å². The van der Waals surface area contributed by atoms with Gasteiger partial charge in [0, 0.05) is 25.4 Å². The maximum Gasteiger partial charge on any atom is 0.240 e. The van der Waals surface area contributed by atoms with E-state index in [1.165, 1.54) is 0 Å². The second-order valence-corrected chi connectivity index (χ2v) is 4.67. The fourth-order valence-electron chi connectivity index (χ4n) is 2.38. The maximum absolute atomic E-state index is 12.2. The van der Waals surface area contributed by atoms with Crippen LogP contribution < -0.4 is 10.6 Å². The number of hydrogen-bond acceptors (Lipinski definition) is 3. The van der Waals surface area contributed by atoms with Gasteiger partial charge in [-0.1, -0.05) is 6.92 Å². The molecule has 1 aromatic heterocycles. The standard InChI is InChI=1S/C12H20N4O/c1-3-12(5-4-6-14-12)11(17)13-7-10-8-15-16(2)9-10/h8-9,14H,3-7H2,1-2H3,(H,13,17). The van der Waals surface area contributed by atoms with Gasteiger partial charge in [-0.3, -0.25) is 9.48 Å². The topological polar surface area (TPSA) is 59.0 Å². The Balaban J connectivity index is 1.92. The summed E-state index contributed by atoms with van der Waals surface area (Å²) in [5, 5.41) is 10.4. The quantitative estimate of drug-likeness (QED) is 0.803. The second-order valence-electron chi connectivity index (χ2n) is 4.67. The smallest absolute Gasteiger partial charge is 0.240 e. The van der Waals surface area contributed by atoms with Crippen LogP contribution in [0.5, 0.6) is 0 Å². The first-order valence-corrected chi connectivity index (χ1v) is 6.17. The first-order chi connectivity index (χ1) is 8.16. The number of aromatic nitrogens is 2. The van der Waals surface area contributed by atoms with Crippen LogP contribution in [0.3, 0.4) is 0 Å². The number of nitrogens with one attached hydrogen (secondary N) is 2. The van der Waals surface area contributed by atoms with Gasteiger partial charge in [-0.05, 0) is 25.8 Å². The van der Waals surface area contributed by atoms with E-state index in [1.54, 1.807) is 10.9 Å². The number of nitrogens with zero attached hydrogens (tertiary/aromatic N) is 2. The normalized spacial score (nSPS) is 23.9. The molecule has 0 radical (unpaired) electrons. The van der Waals surface area contributed by atoms with Crippen molar-refractivity contribution in [3.63, 3.8) is 0 Å². The number of rotatable bonds is 4. The SMILES string of the molecule is CCC1(C(=O)NCc2cnn(C)c2)CCCN1. The van der Waals surface area contributed by atoms with E-state index in [0.717, 1.165) is 31.4 Å². The van der Waals surface area contributed by atoms with Crippen LogP contribution in [0, 0.1) is 0 Å². The molecule has 1 fully saturated rings. The molecule has 1 atom stereocenters. The highest BCUT2D eigenvalue weighted by atomic mass is 16.2. The van der Waals surface area contributed by atoms with Crippen LogP contribution in [0.4, 0.5) is 0 Å². The molecule has 1 aromatic rings. The Labute approximate surface area is 102 Å². The zero-order valence-corrected chi connectivity index (χ0v) is 10.5. The highest BCUT2D eigenvalue weighted by Gasteiger charge is 2.38. The van der Waals surface area contributed by atoms with Gasteiger partial charge in [-0.15, -0.1) is 0 Å². The Morgan fingerprint density at radius 3 is 3.06 bits per heavy atom. The molecule has 1 unspecified atom stereocenters. The van der Waals surface area contributed by atoms with Crippen molar-refractivity contribution in [3.8, 4) is 0 Å². The van der Waals surface area contributed by atoms with Gasteiger partial charge in [0.15, 0.2) is 0 Å².